The number of hydrogen-bond donors (Lipinski definition) is 0. The number of hydrogen-bond acceptors (Lipinski definition) is 3. The summed E-state index contributed by atoms with van der Waals surface area (Å²) in [4.78, 5) is 0. The highest BCUT2D eigenvalue weighted by atomic mass is 16.5. The Balaban J connectivity index is 2.85. The van der Waals surface area contributed by atoms with Gasteiger partial charge in [-0.2, -0.15) is 0 Å². The van der Waals surface area contributed by atoms with E-state index in [4.69, 9.17) is 14.2 Å². The van der Waals surface area contributed by atoms with Crippen molar-refractivity contribution in [3.05, 3.63) is 0 Å². The summed E-state index contributed by atoms with van der Waals surface area (Å²) in [5.41, 5.74) is 0.0126. The third-order valence-electron chi connectivity index (χ3n) is 4.41. The summed E-state index contributed by atoms with van der Waals surface area (Å²) in [6.45, 7) is 3.59. The van der Waals surface area contributed by atoms with Gasteiger partial charge < -0.3 is 14.2 Å². The molecule has 0 spiro atoms. The molecule has 102 valence electrons. The van der Waals surface area contributed by atoms with Gasteiger partial charge in [-0.15, -0.1) is 0 Å². The average molecular weight is 244 g/mol. The lowest BCUT2D eigenvalue weighted by Gasteiger charge is -2.45. The summed E-state index contributed by atoms with van der Waals surface area (Å²) >= 11 is 0. The van der Waals surface area contributed by atoms with E-state index in [1.165, 1.54) is 32.1 Å². The molecule has 0 N–H and O–H groups in total. The van der Waals surface area contributed by atoms with Crippen LogP contribution in [-0.2, 0) is 14.2 Å². The van der Waals surface area contributed by atoms with Crippen LogP contribution in [0.5, 0.6) is 0 Å². The van der Waals surface area contributed by atoms with Crippen molar-refractivity contribution in [2.75, 3.05) is 34.5 Å². The van der Waals surface area contributed by atoms with E-state index < -0.39 is 0 Å². The molecule has 17 heavy (non-hydrogen) atoms. The Morgan fingerprint density at radius 2 is 1.53 bits per heavy atom. The predicted molar refractivity (Wildman–Crippen MR) is 69.2 cm³/mol. The molecule has 0 amide bonds. The molecule has 1 fully saturated rings. The number of rotatable bonds is 7. The molecule has 0 bridgehead atoms. The lowest BCUT2D eigenvalue weighted by atomic mass is 9.66. The predicted octanol–water partition coefficient (Wildman–Crippen LogP) is 2.88. The fraction of sp³-hybridized carbons (Fsp3) is 1.00. The van der Waals surface area contributed by atoms with Crippen LogP contribution in [0, 0.1) is 11.3 Å². The zero-order valence-corrected chi connectivity index (χ0v) is 11.8. The summed E-state index contributed by atoms with van der Waals surface area (Å²) in [5.74, 6) is 0.658. The molecule has 3 nitrogen and oxygen atoms in total. The Hall–Kier alpha value is -0.120. The second-order valence-corrected chi connectivity index (χ2v) is 5.31. The quantitative estimate of drug-likeness (QED) is 0.689. The second-order valence-electron chi connectivity index (χ2n) is 5.31. The molecule has 1 aliphatic rings. The van der Waals surface area contributed by atoms with Crippen LogP contribution in [0.25, 0.3) is 0 Å². The minimum atomic E-state index is 0.0126. The van der Waals surface area contributed by atoms with Gasteiger partial charge in [-0.05, 0) is 25.7 Å². The van der Waals surface area contributed by atoms with E-state index in [0.29, 0.717) is 5.92 Å². The van der Waals surface area contributed by atoms with Crippen LogP contribution in [0.4, 0.5) is 0 Å². The molecule has 1 saturated carbocycles. The molecule has 0 aromatic rings. The molecule has 3 heteroatoms. The molecule has 0 heterocycles. The maximum Gasteiger partial charge on any atom is 0.0646 e. The molecular formula is C14H28O3. The zero-order valence-electron chi connectivity index (χ0n) is 11.8. The van der Waals surface area contributed by atoms with Gasteiger partial charge >= 0.3 is 0 Å². The van der Waals surface area contributed by atoms with Crippen LogP contribution in [0.1, 0.15) is 39.0 Å². The number of ether oxygens (including phenoxy) is 3. The Bertz CT molecular complexity index is 194. The molecular weight excluding hydrogens is 216 g/mol. The van der Waals surface area contributed by atoms with E-state index in [-0.39, 0.29) is 11.5 Å². The van der Waals surface area contributed by atoms with Crippen molar-refractivity contribution in [3.63, 3.8) is 0 Å². The fourth-order valence-corrected chi connectivity index (χ4v) is 3.29. The lowest BCUT2D eigenvalue weighted by molar-refractivity contribution is -0.122. The Morgan fingerprint density at radius 1 is 1.00 bits per heavy atom. The van der Waals surface area contributed by atoms with Gasteiger partial charge in [0.15, 0.2) is 0 Å². The number of methoxy groups -OCH3 is 3. The monoisotopic (exact) mass is 244 g/mol. The highest BCUT2D eigenvalue weighted by molar-refractivity contribution is 4.92. The molecule has 0 saturated heterocycles. The van der Waals surface area contributed by atoms with Crippen molar-refractivity contribution in [2.45, 2.75) is 45.1 Å². The van der Waals surface area contributed by atoms with Gasteiger partial charge in [-0.3, -0.25) is 0 Å². The minimum Gasteiger partial charge on any atom is -0.384 e. The molecule has 0 aliphatic heterocycles. The maximum atomic E-state index is 5.61. The van der Waals surface area contributed by atoms with Crippen molar-refractivity contribution >= 4 is 0 Å². The van der Waals surface area contributed by atoms with E-state index in [1.54, 1.807) is 21.3 Å². The van der Waals surface area contributed by atoms with Gasteiger partial charge in [-0.25, -0.2) is 0 Å². The highest BCUT2D eigenvalue weighted by Crippen LogP contribution is 2.42. The Labute approximate surface area is 106 Å². The molecule has 0 aromatic heterocycles. The van der Waals surface area contributed by atoms with Crippen LogP contribution < -0.4 is 0 Å². The first kappa shape index (κ1) is 14.9. The van der Waals surface area contributed by atoms with Gasteiger partial charge in [0.05, 0.1) is 19.3 Å². The van der Waals surface area contributed by atoms with Gasteiger partial charge in [-0.1, -0.05) is 19.3 Å². The van der Waals surface area contributed by atoms with E-state index in [2.05, 4.69) is 6.92 Å². The Morgan fingerprint density at radius 3 is 1.94 bits per heavy atom. The first-order valence-corrected chi connectivity index (χ1v) is 6.72. The van der Waals surface area contributed by atoms with Crippen molar-refractivity contribution < 1.29 is 14.2 Å². The van der Waals surface area contributed by atoms with Crippen molar-refractivity contribution in [2.24, 2.45) is 11.3 Å². The largest absolute Gasteiger partial charge is 0.384 e. The second kappa shape index (κ2) is 7.34. The Kier molecular flexibility index (Phi) is 6.45. The molecule has 0 aromatic carbocycles. The maximum absolute atomic E-state index is 5.61. The van der Waals surface area contributed by atoms with Gasteiger partial charge in [0.1, 0.15) is 0 Å². The third-order valence-corrected chi connectivity index (χ3v) is 4.41. The highest BCUT2D eigenvalue weighted by Gasteiger charge is 2.44. The van der Waals surface area contributed by atoms with Crippen LogP contribution in [0.3, 0.4) is 0 Å². The summed E-state index contributed by atoms with van der Waals surface area (Å²) < 4.78 is 16.6. The SMILES string of the molecule is COCC(COC)(C1CCCCC1)C(C)OC. The first-order chi connectivity index (χ1) is 8.21. The van der Waals surface area contributed by atoms with E-state index >= 15 is 0 Å². The van der Waals surface area contributed by atoms with Crippen LogP contribution in [0.2, 0.25) is 0 Å². The van der Waals surface area contributed by atoms with Crippen molar-refractivity contribution in [1.82, 2.24) is 0 Å². The smallest absolute Gasteiger partial charge is 0.0646 e. The zero-order chi connectivity index (χ0) is 12.7. The summed E-state index contributed by atoms with van der Waals surface area (Å²) in [5, 5.41) is 0. The summed E-state index contributed by atoms with van der Waals surface area (Å²) in [6, 6.07) is 0. The van der Waals surface area contributed by atoms with Crippen molar-refractivity contribution in [3.8, 4) is 0 Å². The third kappa shape index (κ3) is 3.43. The topological polar surface area (TPSA) is 27.7 Å². The van der Waals surface area contributed by atoms with Crippen LogP contribution in [0.15, 0.2) is 0 Å². The van der Waals surface area contributed by atoms with Crippen LogP contribution >= 0.6 is 0 Å². The fourth-order valence-electron chi connectivity index (χ4n) is 3.29. The van der Waals surface area contributed by atoms with E-state index in [0.717, 1.165) is 13.2 Å². The van der Waals surface area contributed by atoms with Crippen molar-refractivity contribution in [1.29, 1.82) is 0 Å². The molecule has 1 atom stereocenters. The van der Waals surface area contributed by atoms with Crippen LogP contribution in [-0.4, -0.2) is 40.6 Å². The van der Waals surface area contributed by atoms with E-state index in [1.807, 2.05) is 0 Å². The van der Waals surface area contributed by atoms with Gasteiger partial charge in [0.2, 0.25) is 0 Å². The molecule has 1 rings (SSSR count). The standard InChI is InChI=1S/C14H28O3/c1-12(17-4)14(10-15-2,11-16-3)13-8-6-5-7-9-13/h12-13H,5-11H2,1-4H3. The summed E-state index contributed by atoms with van der Waals surface area (Å²) in [7, 11) is 5.33. The molecule has 0 radical (unpaired) electrons. The lowest BCUT2D eigenvalue weighted by Crippen LogP contribution is -2.49. The molecule has 1 aliphatic carbocycles. The first-order valence-electron chi connectivity index (χ1n) is 6.72. The van der Waals surface area contributed by atoms with E-state index in [9.17, 15) is 0 Å². The minimum absolute atomic E-state index is 0.0126. The normalized spacial score (nSPS) is 20.5. The van der Waals surface area contributed by atoms with Gasteiger partial charge in [0, 0.05) is 26.7 Å². The average Bonchev–Trinajstić information content (AvgIpc) is 2.38. The molecule has 1 unspecified atom stereocenters. The van der Waals surface area contributed by atoms with Gasteiger partial charge in [0.25, 0.3) is 0 Å². The summed E-state index contributed by atoms with van der Waals surface area (Å²) in [6.07, 6.45) is 6.76.